The molecule has 10 rings (SSSR count). The minimum absolute atomic E-state index is 0.648. The van der Waals surface area contributed by atoms with Crippen LogP contribution in [0.4, 0.5) is 17.1 Å². The van der Waals surface area contributed by atoms with Gasteiger partial charge in [0.15, 0.2) is 5.58 Å². The van der Waals surface area contributed by atoms with E-state index in [9.17, 15) is 0 Å². The molecule has 10 aromatic rings. The highest BCUT2D eigenvalue weighted by Crippen LogP contribution is 2.42. The number of hydrogen-bond donors (Lipinski definition) is 0. The van der Waals surface area contributed by atoms with Gasteiger partial charge in [0.25, 0.3) is 0 Å². The van der Waals surface area contributed by atoms with Gasteiger partial charge in [-0.1, -0.05) is 90.5 Å². The Morgan fingerprint density at radius 3 is 1.98 bits per heavy atom. The minimum Gasteiger partial charge on any atom is -0.435 e. The van der Waals surface area contributed by atoms with Gasteiger partial charge < -0.3 is 13.9 Å². The van der Waals surface area contributed by atoms with Gasteiger partial charge in [0.1, 0.15) is 5.52 Å². The summed E-state index contributed by atoms with van der Waals surface area (Å²) in [5.41, 5.74) is 15.4. The Morgan fingerprint density at radius 1 is 0.500 bits per heavy atom. The predicted molar refractivity (Wildman–Crippen MR) is 226 cm³/mol. The number of aryl methyl sites for hydroxylation is 3. The van der Waals surface area contributed by atoms with Gasteiger partial charge in [0.2, 0.25) is 5.89 Å². The number of fused-ring (bicyclic) bond motifs is 6. The third kappa shape index (κ3) is 5.26. The maximum Gasteiger partial charge on any atom is 0.227 e. The first-order valence-corrected chi connectivity index (χ1v) is 18.5. The molecule has 258 valence electrons. The Morgan fingerprint density at radius 2 is 1.19 bits per heavy atom. The van der Waals surface area contributed by atoms with Crippen LogP contribution in [-0.4, -0.2) is 9.55 Å². The maximum absolute atomic E-state index is 6.52. The molecule has 0 N–H and O–H groups in total. The number of oxazole rings is 1. The fourth-order valence-electron chi connectivity index (χ4n) is 7.99. The lowest BCUT2D eigenvalue weighted by Gasteiger charge is -2.27. The summed E-state index contributed by atoms with van der Waals surface area (Å²) >= 11 is 0. The number of aromatic nitrogens is 2. The van der Waals surface area contributed by atoms with Gasteiger partial charge in [-0.2, -0.15) is 0 Å². The van der Waals surface area contributed by atoms with Crippen molar-refractivity contribution in [3.05, 3.63) is 187 Å². The fraction of sp³-hybridized carbons (Fsp3) is 0.0600. The van der Waals surface area contributed by atoms with Crippen molar-refractivity contribution in [2.24, 2.45) is 0 Å². The standard InChI is InChI=1S/C50H37N3O/c1-32-18-20-35(21-19-32)50-51-48-34(3)29-38-23-22-37(30-43(38)49(48)54-50)36-24-26-45(33(2)28-36)52(39-12-6-4-7-13-39)41-25-27-47-44(31-41)42-16-10-11-17-46(42)53(47)40-14-8-5-9-15-40/h4-31H,1-3H3. The van der Waals surface area contributed by atoms with Crippen molar-refractivity contribution in [2.75, 3.05) is 4.90 Å². The lowest BCUT2D eigenvalue weighted by Crippen LogP contribution is -2.11. The van der Waals surface area contributed by atoms with Crippen LogP contribution in [0.5, 0.6) is 0 Å². The molecule has 2 heterocycles. The molecular formula is C50H37N3O. The molecule has 0 saturated carbocycles. The van der Waals surface area contributed by atoms with E-state index in [1.807, 2.05) is 0 Å². The van der Waals surface area contributed by atoms with E-state index in [1.165, 1.54) is 32.9 Å². The van der Waals surface area contributed by atoms with Crippen molar-refractivity contribution < 1.29 is 4.42 Å². The van der Waals surface area contributed by atoms with E-state index in [1.54, 1.807) is 0 Å². The summed E-state index contributed by atoms with van der Waals surface area (Å²) in [5, 5.41) is 4.66. The zero-order valence-electron chi connectivity index (χ0n) is 30.4. The largest absolute Gasteiger partial charge is 0.435 e. The van der Waals surface area contributed by atoms with Crippen LogP contribution in [0.25, 0.3) is 71.9 Å². The molecule has 0 saturated heterocycles. The molecule has 4 nitrogen and oxygen atoms in total. The van der Waals surface area contributed by atoms with Crippen molar-refractivity contribution in [1.29, 1.82) is 0 Å². The highest BCUT2D eigenvalue weighted by molar-refractivity contribution is 6.11. The minimum atomic E-state index is 0.648. The van der Waals surface area contributed by atoms with Crippen LogP contribution >= 0.6 is 0 Å². The Hall–Kier alpha value is -6.91. The third-order valence-corrected chi connectivity index (χ3v) is 10.7. The van der Waals surface area contributed by atoms with Gasteiger partial charge in [0, 0.05) is 44.5 Å². The SMILES string of the molecule is Cc1ccc(-c2nc3c(C)cc4ccc(-c5ccc(N(c6ccccc6)c6ccc7c(c6)c6ccccc6n7-c6ccccc6)c(C)c5)cc4c3o2)cc1. The molecule has 0 aliphatic carbocycles. The third-order valence-electron chi connectivity index (χ3n) is 10.7. The molecule has 0 bridgehead atoms. The maximum atomic E-state index is 6.52. The monoisotopic (exact) mass is 695 g/mol. The van der Waals surface area contributed by atoms with E-state index in [0.717, 1.165) is 66.9 Å². The molecule has 2 aromatic heterocycles. The summed E-state index contributed by atoms with van der Waals surface area (Å²) in [6.07, 6.45) is 0. The van der Waals surface area contributed by atoms with Gasteiger partial charge in [-0.15, -0.1) is 0 Å². The van der Waals surface area contributed by atoms with Gasteiger partial charge >= 0.3 is 0 Å². The van der Waals surface area contributed by atoms with Crippen LogP contribution in [0.2, 0.25) is 0 Å². The molecule has 54 heavy (non-hydrogen) atoms. The van der Waals surface area contributed by atoms with E-state index < -0.39 is 0 Å². The van der Waals surface area contributed by atoms with E-state index in [0.29, 0.717) is 5.89 Å². The normalized spacial score (nSPS) is 11.6. The lowest BCUT2D eigenvalue weighted by molar-refractivity contribution is 0.623. The Kier molecular flexibility index (Phi) is 7.44. The van der Waals surface area contributed by atoms with Crippen molar-refractivity contribution in [3.8, 4) is 28.3 Å². The van der Waals surface area contributed by atoms with Crippen LogP contribution in [0.3, 0.4) is 0 Å². The molecule has 0 aliphatic heterocycles. The predicted octanol–water partition coefficient (Wildman–Crippen LogP) is 13.8. The molecule has 0 unspecified atom stereocenters. The van der Waals surface area contributed by atoms with Crippen molar-refractivity contribution in [2.45, 2.75) is 20.8 Å². The number of rotatable bonds is 6. The van der Waals surface area contributed by atoms with Crippen LogP contribution in [0.15, 0.2) is 174 Å². The van der Waals surface area contributed by atoms with E-state index in [4.69, 9.17) is 9.40 Å². The van der Waals surface area contributed by atoms with Gasteiger partial charge in [-0.05, 0) is 133 Å². The van der Waals surface area contributed by atoms with Crippen LogP contribution in [0.1, 0.15) is 16.7 Å². The van der Waals surface area contributed by atoms with Gasteiger partial charge in [-0.25, -0.2) is 4.98 Å². The number of anilines is 3. The second kappa shape index (κ2) is 12.6. The van der Waals surface area contributed by atoms with Crippen LogP contribution < -0.4 is 4.90 Å². The van der Waals surface area contributed by atoms with Crippen molar-refractivity contribution in [1.82, 2.24) is 9.55 Å². The average molecular weight is 696 g/mol. The fourth-order valence-corrected chi connectivity index (χ4v) is 7.99. The van der Waals surface area contributed by atoms with Crippen molar-refractivity contribution in [3.63, 3.8) is 0 Å². The zero-order valence-corrected chi connectivity index (χ0v) is 30.4. The molecular weight excluding hydrogens is 659 g/mol. The first kappa shape index (κ1) is 31.8. The number of para-hydroxylation sites is 3. The molecule has 0 atom stereocenters. The summed E-state index contributed by atoms with van der Waals surface area (Å²) in [5.74, 6) is 0.648. The lowest BCUT2D eigenvalue weighted by atomic mass is 9.97. The molecule has 0 spiro atoms. The second-order valence-corrected chi connectivity index (χ2v) is 14.3. The van der Waals surface area contributed by atoms with Gasteiger partial charge in [0.05, 0.1) is 11.0 Å². The summed E-state index contributed by atoms with van der Waals surface area (Å²) in [7, 11) is 0. The number of hydrogen-bond acceptors (Lipinski definition) is 3. The van der Waals surface area contributed by atoms with Crippen LogP contribution in [0, 0.1) is 20.8 Å². The molecule has 4 heteroatoms. The molecule has 0 radical (unpaired) electrons. The Labute approximate surface area is 314 Å². The zero-order chi connectivity index (χ0) is 36.3. The highest BCUT2D eigenvalue weighted by Gasteiger charge is 2.20. The van der Waals surface area contributed by atoms with Crippen molar-refractivity contribution >= 4 is 60.7 Å². The Balaban J connectivity index is 1.08. The Bertz CT molecular complexity index is 3010. The quantitative estimate of drug-likeness (QED) is 0.174. The highest BCUT2D eigenvalue weighted by atomic mass is 16.3. The summed E-state index contributed by atoms with van der Waals surface area (Å²) < 4.78 is 8.88. The molecule has 0 aliphatic rings. The summed E-state index contributed by atoms with van der Waals surface area (Å²) in [6.45, 7) is 6.41. The molecule has 0 amide bonds. The van der Waals surface area contributed by atoms with E-state index in [-0.39, 0.29) is 0 Å². The molecule has 0 fully saturated rings. The summed E-state index contributed by atoms with van der Waals surface area (Å²) in [6, 6.07) is 60.9. The number of nitrogens with zero attached hydrogens (tertiary/aromatic N) is 3. The average Bonchev–Trinajstić information content (AvgIpc) is 3.81. The second-order valence-electron chi connectivity index (χ2n) is 14.3. The van der Waals surface area contributed by atoms with E-state index >= 15 is 0 Å². The summed E-state index contributed by atoms with van der Waals surface area (Å²) in [4.78, 5) is 7.32. The van der Waals surface area contributed by atoms with Crippen LogP contribution in [-0.2, 0) is 0 Å². The molecule has 8 aromatic carbocycles. The first-order chi connectivity index (χ1) is 26.5. The topological polar surface area (TPSA) is 34.2 Å². The first-order valence-electron chi connectivity index (χ1n) is 18.5. The van der Waals surface area contributed by atoms with E-state index in [2.05, 4.69) is 200 Å². The van der Waals surface area contributed by atoms with Gasteiger partial charge in [-0.3, -0.25) is 0 Å². The smallest absolute Gasteiger partial charge is 0.227 e. The number of benzene rings is 8.